The van der Waals surface area contributed by atoms with Gasteiger partial charge in [-0.1, -0.05) is 15.9 Å². The van der Waals surface area contributed by atoms with E-state index in [0.717, 1.165) is 10.0 Å². The average molecular weight is 413 g/mol. The van der Waals surface area contributed by atoms with Gasteiger partial charge in [0.25, 0.3) is 5.91 Å². The van der Waals surface area contributed by atoms with E-state index in [1.165, 1.54) is 12.0 Å². The highest BCUT2D eigenvalue weighted by Crippen LogP contribution is 2.38. The molecule has 3 rings (SSSR count). The van der Waals surface area contributed by atoms with Crippen molar-refractivity contribution in [2.24, 2.45) is 0 Å². The van der Waals surface area contributed by atoms with Gasteiger partial charge in [0.05, 0.1) is 7.11 Å². The van der Waals surface area contributed by atoms with Crippen LogP contribution in [0, 0.1) is 0 Å². The van der Waals surface area contributed by atoms with E-state index in [4.69, 9.17) is 21.7 Å². The summed E-state index contributed by atoms with van der Waals surface area (Å²) in [4.78, 5) is 26.8. The van der Waals surface area contributed by atoms with E-state index in [0.29, 0.717) is 17.2 Å². The lowest BCUT2D eigenvalue weighted by Gasteiger charge is -2.14. The van der Waals surface area contributed by atoms with Crippen LogP contribution in [0.15, 0.2) is 22.3 Å². The van der Waals surface area contributed by atoms with E-state index in [9.17, 15) is 9.59 Å². The van der Waals surface area contributed by atoms with Crippen LogP contribution in [-0.4, -0.2) is 54.3 Å². The lowest BCUT2D eigenvalue weighted by atomic mass is 10.1. The number of methoxy groups -OCH3 is 1. The van der Waals surface area contributed by atoms with Gasteiger partial charge in [-0.05, 0) is 36.0 Å². The van der Waals surface area contributed by atoms with Gasteiger partial charge in [-0.25, -0.2) is 0 Å². The Bertz CT molecular complexity index is 779. The molecule has 0 bridgehead atoms. The molecule has 1 saturated heterocycles. The number of thiocarbonyl (C=S) groups is 1. The summed E-state index contributed by atoms with van der Waals surface area (Å²) in [7, 11) is 2.93. The van der Waals surface area contributed by atoms with Gasteiger partial charge in [0.15, 0.2) is 16.6 Å². The molecule has 1 aromatic carbocycles. The minimum Gasteiger partial charge on any atom is -0.468 e. The molecule has 0 aliphatic carbocycles. The number of ether oxygens (including phenoxy) is 3. The maximum Gasteiger partial charge on any atom is 0.325 e. The van der Waals surface area contributed by atoms with Gasteiger partial charge in [-0.15, -0.1) is 0 Å². The van der Waals surface area contributed by atoms with Gasteiger partial charge in [0, 0.05) is 11.5 Å². The first-order chi connectivity index (χ1) is 11.4. The molecule has 0 aromatic heterocycles. The van der Waals surface area contributed by atoms with E-state index in [1.807, 2.05) is 0 Å². The van der Waals surface area contributed by atoms with Gasteiger partial charge >= 0.3 is 5.97 Å². The molecule has 2 aliphatic rings. The van der Waals surface area contributed by atoms with E-state index in [2.05, 4.69) is 20.7 Å². The Morgan fingerprint density at radius 2 is 2.08 bits per heavy atom. The Morgan fingerprint density at radius 1 is 1.42 bits per heavy atom. The number of fused-ring (bicyclic) bond motifs is 1. The molecule has 0 saturated carbocycles. The Labute approximate surface area is 151 Å². The summed E-state index contributed by atoms with van der Waals surface area (Å²) < 4.78 is 16.0. The van der Waals surface area contributed by atoms with Gasteiger partial charge in [0.2, 0.25) is 6.79 Å². The number of esters is 1. The summed E-state index contributed by atoms with van der Waals surface area (Å²) in [5.41, 5.74) is 1.08. The van der Waals surface area contributed by atoms with Gasteiger partial charge in [-0.3, -0.25) is 14.5 Å². The number of carbonyl (C=O) groups is 2. The summed E-state index contributed by atoms with van der Waals surface area (Å²) in [6, 6.07) is 3.55. The molecule has 7 nitrogen and oxygen atoms in total. The zero-order chi connectivity index (χ0) is 17.4. The minimum absolute atomic E-state index is 0.164. The van der Waals surface area contributed by atoms with Crippen LogP contribution in [-0.2, 0) is 14.3 Å². The molecule has 2 heterocycles. The van der Waals surface area contributed by atoms with Gasteiger partial charge < -0.3 is 19.1 Å². The van der Waals surface area contributed by atoms with Crippen LogP contribution >= 0.6 is 28.1 Å². The second kappa shape index (κ2) is 6.40. The molecule has 0 radical (unpaired) electrons. The molecular formula is C15H13BrN2O5S. The molecule has 2 aliphatic heterocycles. The molecular weight excluding hydrogens is 400 g/mol. The molecule has 0 spiro atoms. The van der Waals surface area contributed by atoms with Crippen molar-refractivity contribution < 1.29 is 23.8 Å². The lowest BCUT2D eigenvalue weighted by Crippen LogP contribution is -2.36. The van der Waals surface area contributed by atoms with Gasteiger partial charge in [-0.2, -0.15) is 0 Å². The third-order valence-corrected chi connectivity index (χ3v) is 4.82. The van der Waals surface area contributed by atoms with Crippen LogP contribution in [0.1, 0.15) is 5.56 Å². The molecule has 0 unspecified atom stereocenters. The normalized spacial score (nSPS) is 17.9. The predicted octanol–water partition coefficient (Wildman–Crippen LogP) is 1.75. The predicted molar refractivity (Wildman–Crippen MR) is 92.3 cm³/mol. The van der Waals surface area contributed by atoms with Crippen LogP contribution < -0.4 is 9.47 Å². The number of hydrogen-bond acceptors (Lipinski definition) is 6. The highest BCUT2D eigenvalue weighted by Gasteiger charge is 2.37. The summed E-state index contributed by atoms with van der Waals surface area (Å²) in [6.07, 6.45) is 1.68. The van der Waals surface area contributed by atoms with Gasteiger partial charge in [0.1, 0.15) is 12.2 Å². The SMILES string of the molecule is COC(=O)CN1C(=O)/C(=C/c2cc3c(cc2Br)OCO3)N(C)C1=S. The molecule has 1 amide bonds. The first-order valence-electron chi connectivity index (χ1n) is 6.89. The fourth-order valence-electron chi connectivity index (χ4n) is 2.34. The monoisotopic (exact) mass is 412 g/mol. The summed E-state index contributed by atoms with van der Waals surface area (Å²) >= 11 is 8.69. The molecule has 1 aromatic rings. The van der Waals surface area contributed by atoms with Crippen molar-refractivity contribution in [1.29, 1.82) is 0 Å². The Balaban J connectivity index is 1.94. The van der Waals surface area contributed by atoms with Crippen LogP contribution in [0.25, 0.3) is 6.08 Å². The fraction of sp³-hybridized carbons (Fsp3) is 0.267. The smallest absolute Gasteiger partial charge is 0.325 e. The second-order valence-corrected chi connectivity index (χ2v) is 6.29. The van der Waals surface area contributed by atoms with Crippen LogP contribution in [0.4, 0.5) is 0 Å². The Hall–Kier alpha value is -2.13. The number of nitrogens with zero attached hydrogens (tertiary/aromatic N) is 2. The zero-order valence-electron chi connectivity index (χ0n) is 12.9. The van der Waals surface area contributed by atoms with Crippen molar-refractivity contribution >= 4 is 51.2 Å². The number of amides is 1. The summed E-state index contributed by atoms with van der Waals surface area (Å²) in [6.45, 7) is -0.0597. The fourth-order valence-corrected chi connectivity index (χ4v) is 3.02. The zero-order valence-corrected chi connectivity index (χ0v) is 15.3. The van der Waals surface area contributed by atoms with Crippen molar-refractivity contribution in [3.63, 3.8) is 0 Å². The molecule has 0 atom stereocenters. The largest absolute Gasteiger partial charge is 0.468 e. The van der Waals surface area contributed by atoms with E-state index in [1.54, 1.807) is 30.2 Å². The molecule has 126 valence electrons. The average Bonchev–Trinajstić information content (AvgIpc) is 3.08. The van der Waals surface area contributed by atoms with Crippen molar-refractivity contribution in [2.45, 2.75) is 0 Å². The number of benzene rings is 1. The number of carbonyl (C=O) groups excluding carboxylic acids is 2. The number of halogens is 1. The van der Waals surface area contributed by atoms with Crippen molar-refractivity contribution in [3.8, 4) is 11.5 Å². The standard InChI is InChI=1S/C15H13BrN2O5S/c1-17-10(14(20)18(15(17)24)6-13(19)21-2)3-8-4-11-12(5-9(8)16)23-7-22-11/h3-5H,6-7H2,1-2H3/b10-3-. The third kappa shape index (κ3) is 2.84. The van der Waals surface area contributed by atoms with Crippen molar-refractivity contribution in [2.75, 3.05) is 27.5 Å². The van der Waals surface area contributed by atoms with E-state index < -0.39 is 5.97 Å². The highest BCUT2D eigenvalue weighted by atomic mass is 79.9. The number of likely N-dealkylation sites (N-methyl/N-ethyl adjacent to an activating group) is 1. The Kier molecular flexibility index (Phi) is 4.46. The van der Waals surface area contributed by atoms with Crippen LogP contribution in [0.5, 0.6) is 11.5 Å². The van der Waals surface area contributed by atoms with Crippen molar-refractivity contribution in [1.82, 2.24) is 9.80 Å². The number of hydrogen-bond donors (Lipinski definition) is 0. The Morgan fingerprint density at radius 3 is 2.75 bits per heavy atom. The summed E-state index contributed by atoms with van der Waals surface area (Å²) in [5.74, 6) is 0.340. The molecule has 1 fully saturated rings. The van der Waals surface area contributed by atoms with Crippen molar-refractivity contribution in [3.05, 3.63) is 27.9 Å². The number of rotatable bonds is 3. The summed E-state index contributed by atoms with van der Waals surface area (Å²) in [5, 5.41) is 0.244. The maximum absolute atomic E-state index is 12.6. The molecule has 24 heavy (non-hydrogen) atoms. The van der Waals surface area contributed by atoms with E-state index >= 15 is 0 Å². The van der Waals surface area contributed by atoms with E-state index in [-0.39, 0.29) is 24.4 Å². The van der Waals surface area contributed by atoms with Crippen LogP contribution in [0.3, 0.4) is 0 Å². The maximum atomic E-state index is 12.6. The molecule has 0 N–H and O–H groups in total. The quantitative estimate of drug-likeness (QED) is 0.425. The molecule has 9 heteroatoms. The topological polar surface area (TPSA) is 68.3 Å². The lowest BCUT2D eigenvalue weighted by molar-refractivity contribution is -0.143. The highest BCUT2D eigenvalue weighted by molar-refractivity contribution is 9.10. The van der Waals surface area contributed by atoms with Crippen LogP contribution in [0.2, 0.25) is 0 Å². The first kappa shape index (κ1) is 16.7. The first-order valence-corrected chi connectivity index (χ1v) is 8.09. The second-order valence-electron chi connectivity index (χ2n) is 5.07. The third-order valence-electron chi connectivity index (χ3n) is 3.64. The minimum atomic E-state index is -0.537.